The third-order valence-electron chi connectivity index (χ3n) is 2.07. The van der Waals surface area contributed by atoms with Crippen molar-refractivity contribution in [2.45, 2.75) is 27.3 Å². The van der Waals surface area contributed by atoms with Crippen molar-refractivity contribution in [3.8, 4) is 0 Å². The van der Waals surface area contributed by atoms with E-state index in [2.05, 4.69) is 19.0 Å². The number of hydrogen-bond acceptors (Lipinski definition) is 4. The van der Waals surface area contributed by atoms with Crippen LogP contribution in [0.3, 0.4) is 0 Å². The van der Waals surface area contributed by atoms with E-state index in [9.17, 15) is 4.79 Å². The first-order chi connectivity index (χ1) is 7.47. The Balaban J connectivity index is 2.58. The quantitative estimate of drug-likeness (QED) is 0.781. The fourth-order valence-electron chi connectivity index (χ4n) is 1.64. The molecule has 90 valence electrons. The Morgan fingerprint density at radius 2 is 2.31 bits per heavy atom. The summed E-state index contributed by atoms with van der Waals surface area (Å²) in [6, 6.07) is 1.87. The van der Waals surface area contributed by atoms with Gasteiger partial charge >= 0.3 is 0 Å². The SMILES string of the molecule is Cc1cc(CN(CC(N)=O)CC(C)C)no1. The molecule has 0 saturated heterocycles. The fraction of sp³-hybridized carbons (Fsp3) is 0.636. The van der Waals surface area contributed by atoms with Gasteiger partial charge in [0.15, 0.2) is 0 Å². The Bertz CT molecular complexity index is 347. The highest BCUT2D eigenvalue weighted by molar-refractivity contribution is 5.75. The van der Waals surface area contributed by atoms with Crippen molar-refractivity contribution in [2.75, 3.05) is 13.1 Å². The van der Waals surface area contributed by atoms with Gasteiger partial charge in [0.05, 0.1) is 12.2 Å². The molecular formula is C11H19N3O2. The maximum absolute atomic E-state index is 10.9. The molecule has 1 amide bonds. The molecule has 5 nitrogen and oxygen atoms in total. The van der Waals surface area contributed by atoms with Crippen LogP contribution < -0.4 is 5.73 Å². The Labute approximate surface area is 95.6 Å². The van der Waals surface area contributed by atoms with Gasteiger partial charge in [-0.25, -0.2) is 0 Å². The van der Waals surface area contributed by atoms with E-state index < -0.39 is 0 Å². The van der Waals surface area contributed by atoms with Crippen molar-refractivity contribution in [1.29, 1.82) is 0 Å². The van der Waals surface area contributed by atoms with Crippen molar-refractivity contribution in [2.24, 2.45) is 11.7 Å². The number of rotatable bonds is 6. The molecule has 0 radical (unpaired) electrons. The Morgan fingerprint density at radius 3 is 2.75 bits per heavy atom. The first-order valence-electron chi connectivity index (χ1n) is 5.40. The summed E-state index contributed by atoms with van der Waals surface area (Å²) in [5.41, 5.74) is 6.04. The van der Waals surface area contributed by atoms with Crippen molar-refractivity contribution in [1.82, 2.24) is 10.1 Å². The Hall–Kier alpha value is -1.36. The average Bonchev–Trinajstić information content (AvgIpc) is 2.48. The van der Waals surface area contributed by atoms with E-state index in [1.165, 1.54) is 0 Å². The lowest BCUT2D eigenvalue weighted by Crippen LogP contribution is -2.35. The summed E-state index contributed by atoms with van der Waals surface area (Å²) >= 11 is 0. The summed E-state index contributed by atoms with van der Waals surface area (Å²) in [4.78, 5) is 12.9. The third kappa shape index (κ3) is 4.44. The number of aryl methyl sites for hydroxylation is 1. The van der Waals surface area contributed by atoms with Gasteiger partial charge in [-0.2, -0.15) is 0 Å². The molecule has 2 N–H and O–H groups in total. The zero-order valence-corrected chi connectivity index (χ0v) is 10.1. The Morgan fingerprint density at radius 1 is 1.62 bits per heavy atom. The minimum atomic E-state index is -0.319. The molecule has 1 rings (SSSR count). The van der Waals surface area contributed by atoms with Crippen molar-refractivity contribution < 1.29 is 9.32 Å². The molecule has 0 aliphatic rings. The van der Waals surface area contributed by atoms with Crippen molar-refractivity contribution >= 4 is 5.91 Å². The highest BCUT2D eigenvalue weighted by atomic mass is 16.5. The predicted octanol–water partition coefficient (Wildman–Crippen LogP) is 0.926. The van der Waals surface area contributed by atoms with Crippen LogP contribution in [-0.4, -0.2) is 29.1 Å². The molecule has 0 saturated carbocycles. The first-order valence-corrected chi connectivity index (χ1v) is 5.40. The lowest BCUT2D eigenvalue weighted by molar-refractivity contribution is -0.119. The normalized spacial score (nSPS) is 11.3. The highest BCUT2D eigenvalue weighted by Crippen LogP contribution is 2.07. The number of amides is 1. The molecule has 0 atom stereocenters. The van der Waals surface area contributed by atoms with Gasteiger partial charge in [-0.3, -0.25) is 9.69 Å². The van der Waals surface area contributed by atoms with Crippen LogP contribution in [0.4, 0.5) is 0 Å². The zero-order chi connectivity index (χ0) is 12.1. The van der Waals surface area contributed by atoms with E-state index in [1.807, 2.05) is 17.9 Å². The molecule has 1 aromatic heterocycles. The van der Waals surface area contributed by atoms with E-state index in [1.54, 1.807) is 0 Å². The zero-order valence-electron chi connectivity index (χ0n) is 10.1. The molecule has 5 heteroatoms. The Kier molecular flexibility index (Phi) is 4.49. The number of nitrogens with zero attached hydrogens (tertiary/aromatic N) is 2. The average molecular weight is 225 g/mol. The van der Waals surface area contributed by atoms with Crippen LogP contribution in [0.25, 0.3) is 0 Å². The van der Waals surface area contributed by atoms with Gasteiger partial charge in [0.25, 0.3) is 0 Å². The van der Waals surface area contributed by atoms with Crippen LogP contribution in [0.2, 0.25) is 0 Å². The minimum absolute atomic E-state index is 0.254. The van der Waals surface area contributed by atoms with E-state index in [4.69, 9.17) is 10.3 Å². The van der Waals surface area contributed by atoms with E-state index in [0.29, 0.717) is 12.5 Å². The lowest BCUT2D eigenvalue weighted by atomic mass is 10.2. The summed E-state index contributed by atoms with van der Waals surface area (Å²) in [5.74, 6) is 0.937. The van der Waals surface area contributed by atoms with Gasteiger partial charge in [-0.1, -0.05) is 19.0 Å². The summed E-state index contributed by atoms with van der Waals surface area (Å²) in [6.07, 6.45) is 0. The van der Waals surface area contributed by atoms with Crippen LogP contribution in [0.5, 0.6) is 0 Å². The van der Waals surface area contributed by atoms with Gasteiger partial charge in [-0.15, -0.1) is 0 Å². The van der Waals surface area contributed by atoms with Gasteiger partial charge in [0.1, 0.15) is 5.76 Å². The van der Waals surface area contributed by atoms with Gasteiger partial charge in [0.2, 0.25) is 5.91 Å². The number of carbonyl (C=O) groups is 1. The van der Waals surface area contributed by atoms with Crippen LogP contribution in [0, 0.1) is 12.8 Å². The topological polar surface area (TPSA) is 72.4 Å². The summed E-state index contributed by atoms with van der Waals surface area (Å²) in [6.45, 7) is 7.71. The molecule has 0 fully saturated rings. The van der Waals surface area contributed by atoms with Gasteiger partial charge in [-0.05, 0) is 12.8 Å². The second kappa shape index (κ2) is 5.65. The summed E-state index contributed by atoms with van der Waals surface area (Å²) in [7, 11) is 0. The van der Waals surface area contributed by atoms with Crippen LogP contribution in [-0.2, 0) is 11.3 Å². The molecule has 16 heavy (non-hydrogen) atoms. The molecule has 1 aromatic rings. The van der Waals surface area contributed by atoms with E-state index in [0.717, 1.165) is 18.0 Å². The molecule has 1 heterocycles. The maximum atomic E-state index is 10.9. The molecule has 0 spiro atoms. The predicted molar refractivity (Wildman–Crippen MR) is 60.5 cm³/mol. The second-order valence-electron chi connectivity index (χ2n) is 4.46. The minimum Gasteiger partial charge on any atom is -0.369 e. The van der Waals surface area contributed by atoms with E-state index in [-0.39, 0.29) is 12.5 Å². The molecular weight excluding hydrogens is 206 g/mol. The third-order valence-corrected chi connectivity index (χ3v) is 2.07. The fourth-order valence-corrected chi connectivity index (χ4v) is 1.64. The van der Waals surface area contributed by atoms with Crippen LogP contribution in [0.15, 0.2) is 10.6 Å². The number of hydrogen-bond donors (Lipinski definition) is 1. The molecule has 0 bridgehead atoms. The van der Waals surface area contributed by atoms with E-state index >= 15 is 0 Å². The number of primary amides is 1. The smallest absolute Gasteiger partial charge is 0.231 e. The summed E-state index contributed by atoms with van der Waals surface area (Å²) in [5, 5.41) is 3.90. The molecule has 0 aliphatic carbocycles. The molecule has 0 aliphatic heterocycles. The van der Waals surface area contributed by atoms with Crippen LogP contribution in [0.1, 0.15) is 25.3 Å². The maximum Gasteiger partial charge on any atom is 0.231 e. The standard InChI is InChI=1S/C11H19N3O2/c1-8(2)5-14(7-11(12)15)6-10-4-9(3)16-13-10/h4,8H,5-7H2,1-3H3,(H2,12,15). The van der Waals surface area contributed by atoms with Gasteiger partial charge < -0.3 is 10.3 Å². The largest absolute Gasteiger partial charge is 0.369 e. The first kappa shape index (κ1) is 12.7. The summed E-state index contributed by atoms with van der Waals surface area (Å²) < 4.78 is 4.98. The van der Waals surface area contributed by atoms with Crippen LogP contribution >= 0.6 is 0 Å². The molecule has 0 unspecified atom stereocenters. The van der Waals surface area contributed by atoms with Crippen molar-refractivity contribution in [3.63, 3.8) is 0 Å². The van der Waals surface area contributed by atoms with Gasteiger partial charge in [0, 0.05) is 19.2 Å². The lowest BCUT2D eigenvalue weighted by Gasteiger charge is -2.21. The van der Waals surface area contributed by atoms with Crippen molar-refractivity contribution in [3.05, 3.63) is 17.5 Å². The molecule has 0 aromatic carbocycles. The number of nitrogens with two attached hydrogens (primary N) is 1. The number of aromatic nitrogens is 1. The highest BCUT2D eigenvalue weighted by Gasteiger charge is 2.12. The monoisotopic (exact) mass is 225 g/mol. The number of carbonyl (C=O) groups excluding carboxylic acids is 1. The second-order valence-corrected chi connectivity index (χ2v) is 4.46.